The molecule has 1 aromatic heterocycles. The van der Waals surface area contributed by atoms with Crippen molar-refractivity contribution in [2.75, 3.05) is 38.7 Å². The maximum atomic E-state index is 14.8. The maximum absolute atomic E-state index is 14.8. The van der Waals surface area contributed by atoms with Crippen molar-refractivity contribution in [1.29, 1.82) is 0 Å². The van der Waals surface area contributed by atoms with E-state index in [4.69, 9.17) is 4.74 Å². The van der Waals surface area contributed by atoms with Gasteiger partial charge < -0.3 is 24.8 Å². The number of rotatable bonds is 8. The van der Waals surface area contributed by atoms with Gasteiger partial charge in [0.05, 0.1) is 35.0 Å². The summed E-state index contributed by atoms with van der Waals surface area (Å²) < 4.78 is 48.7. The number of ether oxygens (including phenoxy) is 1. The molecule has 10 heteroatoms. The van der Waals surface area contributed by atoms with Crippen molar-refractivity contribution >= 4 is 11.6 Å². The zero-order valence-corrected chi connectivity index (χ0v) is 21.6. The molecule has 0 bridgehead atoms. The van der Waals surface area contributed by atoms with Gasteiger partial charge in [-0.1, -0.05) is 18.2 Å². The van der Waals surface area contributed by atoms with E-state index in [9.17, 15) is 22.8 Å². The van der Waals surface area contributed by atoms with Gasteiger partial charge in [-0.25, -0.2) is 13.2 Å². The molecule has 0 spiro atoms. The number of pyridine rings is 1. The number of alkyl halides is 2. The van der Waals surface area contributed by atoms with Gasteiger partial charge in [0.15, 0.2) is 0 Å². The molecule has 4 fully saturated rings. The minimum absolute atomic E-state index is 0.0163. The van der Waals surface area contributed by atoms with Crippen molar-refractivity contribution in [3.8, 4) is 0 Å². The smallest absolute Gasteiger partial charge is 0.266 e. The Kier molecular flexibility index (Phi) is 6.30. The van der Waals surface area contributed by atoms with Crippen molar-refractivity contribution in [3.63, 3.8) is 0 Å². The van der Waals surface area contributed by atoms with Crippen LogP contribution in [-0.2, 0) is 10.3 Å². The first-order chi connectivity index (χ1) is 18.2. The first-order valence-corrected chi connectivity index (χ1v) is 13.4. The first-order valence-electron chi connectivity index (χ1n) is 13.4. The summed E-state index contributed by atoms with van der Waals surface area (Å²) in [6.45, 7) is 4.46. The van der Waals surface area contributed by atoms with Crippen LogP contribution in [0.25, 0.3) is 0 Å². The molecule has 6 rings (SSSR count). The van der Waals surface area contributed by atoms with E-state index in [2.05, 4.69) is 22.6 Å². The molecule has 2 N–H and O–H groups in total. The van der Waals surface area contributed by atoms with Gasteiger partial charge in [-0.2, -0.15) is 0 Å². The van der Waals surface area contributed by atoms with Gasteiger partial charge in [0.2, 0.25) is 0 Å². The summed E-state index contributed by atoms with van der Waals surface area (Å²) >= 11 is 0. The number of aromatic nitrogens is 1. The number of carbonyl (C=O) groups is 1. The van der Waals surface area contributed by atoms with Crippen molar-refractivity contribution in [2.24, 2.45) is 17.8 Å². The summed E-state index contributed by atoms with van der Waals surface area (Å²) in [7, 11) is 2.08. The number of nitrogens with one attached hydrogen (secondary N) is 2. The van der Waals surface area contributed by atoms with Gasteiger partial charge in [-0.3, -0.25) is 9.59 Å². The Labute approximate surface area is 219 Å². The lowest BCUT2D eigenvalue weighted by atomic mass is 9.91. The molecule has 2 saturated carbocycles. The minimum Gasteiger partial charge on any atom is -0.381 e. The molecule has 2 aliphatic heterocycles. The van der Waals surface area contributed by atoms with Crippen LogP contribution in [0.5, 0.6) is 0 Å². The number of benzene rings is 1. The Morgan fingerprint density at radius 1 is 1.18 bits per heavy atom. The summed E-state index contributed by atoms with van der Waals surface area (Å²) in [6.07, 6.45) is 1.38. The van der Waals surface area contributed by atoms with Crippen LogP contribution in [-0.4, -0.2) is 54.8 Å². The number of carbonyl (C=O) groups excluding carboxylic acids is 1. The first kappa shape index (κ1) is 25.4. The van der Waals surface area contributed by atoms with E-state index in [1.807, 2.05) is 0 Å². The lowest BCUT2D eigenvalue weighted by Crippen LogP contribution is -2.44. The van der Waals surface area contributed by atoms with Gasteiger partial charge >= 0.3 is 0 Å². The van der Waals surface area contributed by atoms with E-state index < -0.39 is 35.3 Å². The number of nitrogens with zero attached hydrogens (tertiary/aromatic N) is 2. The third-order valence-corrected chi connectivity index (χ3v) is 8.95. The van der Waals surface area contributed by atoms with Gasteiger partial charge in [0.1, 0.15) is 5.82 Å². The monoisotopic (exact) mass is 530 g/mol. The van der Waals surface area contributed by atoms with Crippen molar-refractivity contribution in [3.05, 3.63) is 63.3 Å². The summed E-state index contributed by atoms with van der Waals surface area (Å²) in [5, 5.41) is 6.23. The molecule has 2 saturated heterocycles. The summed E-state index contributed by atoms with van der Waals surface area (Å²) in [6, 6.07) is 4.61. The molecular weight excluding hydrogens is 497 g/mol. The van der Waals surface area contributed by atoms with Crippen LogP contribution in [0, 0.1) is 23.6 Å². The molecule has 7 nitrogen and oxygen atoms in total. The van der Waals surface area contributed by atoms with E-state index in [1.165, 1.54) is 18.2 Å². The Morgan fingerprint density at radius 2 is 1.89 bits per heavy atom. The highest BCUT2D eigenvalue weighted by Gasteiger charge is 2.55. The molecule has 2 aliphatic carbocycles. The fourth-order valence-corrected chi connectivity index (χ4v) is 6.64. The van der Waals surface area contributed by atoms with Crippen LogP contribution in [0.3, 0.4) is 0 Å². The number of hydrogen-bond acceptors (Lipinski definition) is 5. The Morgan fingerprint density at radius 3 is 2.53 bits per heavy atom. The van der Waals surface area contributed by atoms with Crippen LogP contribution >= 0.6 is 0 Å². The van der Waals surface area contributed by atoms with Gasteiger partial charge in [-0.05, 0) is 51.0 Å². The quantitative estimate of drug-likeness (QED) is 0.542. The molecule has 3 heterocycles. The Bertz CT molecular complexity index is 1290. The molecular formula is C28H33F3N4O3. The van der Waals surface area contributed by atoms with E-state index in [1.54, 1.807) is 17.7 Å². The van der Waals surface area contributed by atoms with E-state index in [0.29, 0.717) is 43.1 Å². The molecule has 5 atom stereocenters. The van der Waals surface area contributed by atoms with Gasteiger partial charge in [-0.15, -0.1) is 0 Å². The molecule has 2 aromatic rings. The van der Waals surface area contributed by atoms with E-state index >= 15 is 0 Å². The standard InChI is InChI=1S/C28H33F3N4O3/c1-15(17-4-3-5-18(24(17)29)26(30)31)32-27(37)21-13-35(28(16-6-7-16)8-9-38-14-28)23(36)10-22(21)33-25-19-11-34(2)12-20(19)25/h3-5,10,13,15-16,19-20,25-26,33H,6-9,11-12,14H2,1-2H3,(H,32,37)/t15-,19-,20+,25-,28+/m1/s1. The van der Waals surface area contributed by atoms with Crippen LogP contribution < -0.4 is 16.2 Å². The summed E-state index contributed by atoms with van der Waals surface area (Å²) in [5.74, 6) is -0.275. The van der Waals surface area contributed by atoms with Crippen molar-refractivity contribution in [2.45, 2.75) is 50.2 Å². The molecule has 4 aliphatic rings. The Hall–Kier alpha value is -2.85. The topological polar surface area (TPSA) is 75.6 Å². The molecule has 38 heavy (non-hydrogen) atoms. The number of fused-ring (bicyclic) bond motifs is 1. The van der Waals surface area contributed by atoms with E-state index in [0.717, 1.165) is 32.0 Å². The second-order valence-electron chi connectivity index (χ2n) is 11.5. The molecule has 1 amide bonds. The average Bonchev–Trinajstić information content (AvgIpc) is 3.72. The number of likely N-dealkylation sites (tertiary alicyclic amines) is 1. The van der Waals surface area contributed by atoms with Gasteiger partial charge in [0, 0.05) is 43.6 Å². The fraction of sp³-hybridized carbons (Fsp3) is 0.571. The molecule has 0 unspecified atom stereocenters. The van der Waals surface area contributed by atoms with Gasteiger partial charge in [0.25, 0.3) is 17.9 Å². The molecule has 0 radical (unpaired) electrons. The van der Waals surface area contributed by atoms with Crippen LogP contribution in [0.1, 0.15) is 60.1 Å². The Balaban J connectivity index is 1.33. The minimum atomic E-state index is -2.96. The zero-order valence-electron chi connectivity index (χ0n) is 21.6. The van der Waals surface area contributed by atoms with Crippen LogP contribution in [0.2, 0.25) is 0 Å². The highest BCUT2D eigenvalue weighted by molar-refractivity contribution is 5.99. The third kappa shape index (κ3) is 4.31. The fourth-order valence-electron chi connectivity index (χ4n) is 6.64. The third-order valence-electron chi connectivity index (χ3n) is 8.95. The SMILES string of the molecule is C[C@@H](NC(=O)c1cn([C@@]2(C3CC3)CCOC2)c(=O)cc1N[C@@H]1[C@@H]2CN(C)C[C@@H]21)c1cccc(C(F)F)c1F. The molecule has 1 aromatic carbocycles. The van der Waals surface area contributed by atoms with Crippen molar-refractivity contribution in [1.82, 2.24) is 14.8 Å². The average molecular weight is 531 g/mol. The predicted molar refractivity (Wildman–Crippen MR) is 136 cm³/mol. The number of halogens is 3. The maximum Gasteiger partial charge on any atom is 0.266 e. The van der Waals surface area contributed by atoms with Crippen LogP contribution in [0.4, 0.5) is 18.9 Å². The number of anilines is 1. The summed E-state index contributed by atoms with van der Waals surface area (Å²) in [4.78, 5) is 29.4. The van der Waals surface area contributed by atoms with Crippen molar-refractivity contribution < 1.29 is 22.7 Å². The van der Waals surface area contributed by atoms with Crippen LogP contribution in [0.15, 0.2) is 35.3 Å². The summed E-state index contributed by atoms with van der Waals surface area (Å²) in [5.41, 5.74) is -0.646. The predicted octanol–water partition coefficient (Wildman–Crippen LogP) is 3.91. The highest BCUT2D eigenvalue weighted by atomic mass is 19.3. The lowest BCUT2D eigenvalue weighted by molar-refractivity contribution is 0.0937. The lowest BCUT2D eigenvalue weighted by Gasteiger charge is -2.31. The second-order valence-corrected chi connectivity index (χ2v) is 11.5. The largest absolute Gasteiger partial charge is 0.381 e. The second kappa shape index (κ2) is 9.41. The molecule has 204 valence electrons. The number of piperidine rings is 1. The number of amides is 1. The number of hydrogen-bond donors (Lipinski definition) is 2. The highest BCUT2D eigenvalue weighted by Crippen LogP contribution is 2.49. The zero-order chi connectivity index (χ0) is 26.8. The normalized spacial score (nSPS) is 29.4. The van der Waals surface area contributed by atoms with E-state index in [-0.39, 0.29) is 22.7 Å².